The normalized spacial score (nSPS) is 10.7. The maximum absolute atomic E-state index is 11.5. The molecule has 0 radical (unpaired) electrons. The number of amides is 1. The van der Waals surface area contributed by atoms with Crippen molar-refractivity contribution in [2.45, 2.75) is 6.54 Å². The summed E-state index contributed by atoms with van der Waals surface area (Å²) in [5.74, 6) is 0.549. The van der Waals surface area contributed by atoms with Crippen LogP contribution in [0.1, 0.15) is 15.9 Å². The van der Waals surface area contributed by atoms with Gasteiger partial charge in [0.2, 0.25) is 0 Å². The molecule has 0 aliphatic carbocycles. The van der Waals surface area contributed by atoms with Crippen LogP contribution < -0.4 is 10.1 Å². The van der Waals surface area contributed by atoms with Gasteiger partial charge in [-0.1, -0.05) is 35.3 Å². The molecule has 0 fully saturated rings. The molecule has 0 spiro atoms. The number of hydrogen-bond acceptors (Lipinski definition) is 3. The van der Waals surface area contributed by atoms with Gasteiger partial charge >= 0.3 is 0 Å². The third-order valence-corrected chi connectivity index (χ3v) is 4.05. The van der Waals surface area contributed by atoms with Crippen molar-refractivity contribution in [1.82, 2.24) is 10.2 Å². The molecule has 0 heterocycles. The predicted molar refractivity (Wildman–Crippen MR) is 98.1 cm³/mol. The summed E-state index contributed by atoms with van der Waals surface area (Å²) >= 11 is 11.9. The van der Waals surface area contributed by atoms with E-state index in [1.165, 1.54) is 0 Å². The van der Waals surface area contributed by atoms with Gasteiger partial charge in [-0.05, 0) is 42.9 Å². The zero-order valence-corrected chi connectivity index (χ0v) is 15.2. The van der Waals surface area contributed by atoms with Crippen LogP contribution in [0, 0.1) is 0 Å². The molecule has 0 bridgehead atoms. The number of carbonyl (C=O) groups is 1. The first kappa shape index (κ1) is 18.6. The lowest BCUT2D eigenvalue weighted by Crippen LogP contribution is -2.24. The highest BCUT2D eigenvalue weighted by molar-refractivity contribution is 6.35. The van der Waals surface area contributed by atoms with Crippen LogP contribution in [0.5, 0.6) is 5.75 Å². The summed E-state index contributed by atoms with van der Waals surface area (Å²) in [4.78, 5) is 13.7. The fraction of sp³-hybridized carbons (Fsp3) is 0.278. The summed E-state index contributed by atoms with van der Waals surface area (Å²) in [5, 5.41) is 3.70. The standard InChI is InChI=1S/C18H20Cl2N2O2/c1-21-18(23)14-5-3-13(4-6-14)12-22(2)9-10-24-17-8-7-15(19)11-16(17)20/h3-8,11H,9-10,12H2,1-2H3,(H,21,23). The molecule has 2 aromatic carbocycles. The Hall–Kier alpha value is -1.75. The second kappa shape index (κ2) is 8.92. The van der Waals surface area contributed by atoms with Gasteiger partial charge in [-0.2, -0.15) is 0 Å². The Balaban J connectivity index is 1.80. The van der Waals surface area contributed by atoms with E-state index in [0.29, 0.717) is 28.0 Å². The number of nitrogens with zero attached hydrogens (tertiary/aromatic N) is 1. The van der Waals surface area contributed by atoms with Crippen LogP contribution in [0.15, 0.2) is 42.5 Å². The van der Waals surface area contributed by atoms with Crippen molar-refractivity contribution >= 4 is 29.1 Å². The minimum Gasteiger partial charge on any atom is -0.491 e. The van der Waals surface area contributed by atoms with Crippen molar-refractivity contribution in [2.75, 3.05) is 27.2 Å². The van der Waals surface area contributed by atoms with Crippen LogP contribution in [0.2, 0.25) is 10.0 Å². The van der Waals surface area contributed by atoms with E-state index in [-0.39, 0.29) is 5.91 Å². The van der Waals surface area contributed by atoms with Gasteiger partial charge in [0.05, 0.1) is 5.02 Å². The topological polar surface area (TPSA) is 41.6 Å². The van der Waals surface area contributed by atoms with Crippen molar-refractivity contribution in [1.29, 1.82) is 0 Å². The van der Waals surface area contributed by atoms with Gasteiger partial charge in [0.25, 0.3) is 5.91 Å². The number of likely N-dealkylation sites (N-methyl/N-ethyl adjacent to an activating group) is 1. The van der Waals surface area contributed by atoms with Crippen LogP contribution >= 0.6 is 23.2 Å². The molecule has 2 aromatic rings. The average Bonchev–Trinajstić information content (AvgIpc) is 2.57. The molecule has 2 rings (SSSR count). The van der Waals surface area contributed by atoms with Gasteiger partial charge in [-0.15, -0.1) is 0 Å². The van der Waals surface area contributed by atoms with E-state index in [0.717, 1.165) is 18.7 Å². The molecule has 0 atom stereocenters. The molecule has 0 aromatic heterocycles. The van der Waals surface area contributed by atoms with Gasteiger partial charge in [0.1, 0.15) is 12.4 Å². The van der Waals surface area contributed by atoms with Crippen LogP contribution in [-0.2, 0) is 6.54 Å². The van der Waals surface area contributed by atoms with Crippen molar-refractivity contribution < 1.29 is 9.53 Å². The SMILES string of the molecule is CNC(=O)c1ccc(CN(C)CCOc2ccc(Cl)cc2Cl)cc1. The number of hydrogen-bond donors (Lipinski definition) is 1. The Morgan fingerprint density at radius 3 is 2.50 bits per heavy atom. The van der Waals surface area contributed by atoms with Gasteiger partial charge in [0.15, 0.2) is 0 Å². The first-order valence-corrected chi connectivity index (χ1v) is 8.32. The molecule has 1 amide bonds. The molecule has 0 saturated heterocycles. The maximum atomic E-state index is 11.5. The van der Waals surface area contributed by atoms with Crippen LogP contribution in [0.4, 0.5) is 0 Å². The van der Waals surface area contributed by atoms with E-state index in [1.54, 1.807) is 25.2 Å². The monoisotopic (exact) mass is 366 g/mol. The lowest BCUT2D eigenvalue weighted by atomic mass is 10.1. The van der Waals surface area contributed by atoms with Gasteiger partial charge in [0, 0.05) is 30.7 Å². The highest BCUT2D eigenvalue weighted by atomic mass is 35.5. The molecule has 0 aliphatic rings. The van der Waals surface area contributed by atoms with E-state index < -0.39 is 0 Å². The summed E-state index contributed by atoms with van der Waals surface area (Å²) in [7, 11) is 3.64. The molecule has 128 valence electrons. The Kier molecular flexibility index (Phi) is 6.91. The largest absolute Gasteiger partial charge is 0.491 e. The first-order chi connectivity index (χ1) is 11.5. The van der Waals surface area contributed by atoms with E-state index in [2.05, 4.69) is 10.2 Å². The second-order valence-corrected chi connectivity index (χ2v) is 6.28. The first-order valence-electron chi connectivity index (χ1n) is 7.57. The quantitative estimate of drug-likeness (QED) is 0.808. The van der Waals surface area contributed by atoms with Gasteiger partial charge in [-0.25, -0.2) is 0 Å². The molecular formula is C18H20Cl2N2O2. The molecular weight excluding hydrogens is 347 g/mol. The summed E-state index contributed by atoms with van der Waals surface area (Å²) in [6.07, 6.45) is 0. The zero-order chi connectivity index (χ0) is 17.5. The third kappa shape index (κ3) is 5.41. The minimum absolute atomic E-state index is 0.0804. The van der Waals surface area contributed by atoms with E-state index in [4.69, 9.17) is 27.9 Å². The molecule has 0 saturated carbocycles. The Labute approximate surface area is 152 Å². The van der Waals surface area contributed by atoms with Crippen LogP contribution in [0.25, 0.3) is 0 Å². The molecule has 4 nitrogen and oxygen atoms in total. The highest BCUT2D eigenvalue weighted by Gasteiger charge is 2.06. The van der Waals surface area contributed by atoms with Crippen LogP contribution in [0.3, 0.4) is 0 Å². The number of carbonyl (C=O) groups excluding carboxylic acids is 1. The lowest BCUT2D eigenvalue weighted by Gasteiger charge is -2.17. The Bertz CT molecular complexity index is 690. The third-order valence-electron chi connectivity index (χ3n) is 3.52. The average molecular weight is 367 g/mol. The summed E-state index contributed by atoms with van der Waals surface area (Å²) < 4.78 is 5.68. The molecule has 0 unspecified atom stereocenters. The molecule has 6 heteroatoms. The molecule has 1 N–H and O–H groups in total. The lowest BCUT2D eigenvalue weighted by molar-refractivity contribution is 0.0963. The number of halogens is 2. The van der Waals surface area contributed by atoms with E-state index >= 15 is 0 Å². The fourth-order valence-electron chi connectivity index (χ4n) is 2.20. The maximum Gasteiger partial charge on any atom is 0.251 e. The Morgan fingerprint density at radius 2 is 1.88 bits per heavy atom. The summed E-state index contributed by atoms with van der Waals surface area (Å²) in [6.45, 7) is 2.04. The second-order valence-electron chi connectivity index (χ2n) is 5.44. The number of rotatable bonds is 7. The van der Waals surface area contributed by atoms with Crippen molar-refractivity contribution in [3.8, 4) is 5.75 Å². The molecule has 0 aliphatic heterocycles. The predicted octanol–water partition coefficient (Wildman–Crippen LogP) is 3.86. The Morgan fingerprint density at radius 1 is 1.17 bits per heavy atom. The fourth-order valence-corrected chi connectivity index (χ4v) is 2.66. The van der Waals surface area contributed by atoms with Crippen molar-refractivity contribution in [2.24, 2.45) is 0 Å². The number of benzene rings is 2. The zero-order valence-electron chi connectivity index (χ0n) is 13.7. The smallest absolute Gasteiger partial charge is 0.251 e. The number of nitrogens with one attached hydrogen (secondary N) is 1. The molecule has 24 heavy (non-hydrogen) atoms. The number of ether oxygens (including phenoxy) is 1. The summed E-state index contributed by atoms with van der Waals surface area (Å²) in [5.41, 5.74) is 1.79. The van der Waals surface area contributed by atoms with Crippen LogP contribution in [-0.4, -0.2) is 38.1 Å². The van der Waals surface area contributed by atoms with Gasteiger partial charge < -0.3 is 10.1 Å². The van der Waals surface area contributed by atoms with E-state index in [9.17, 15) is 4.79 Å². The minimum atomic E-state index is -0.0804. The van der Waals surface area contributed by atoms with E-state index in [1.807, 2.05) is 31.3 Å². The highest BCUT2D eigenvalue weighted by Crippen LogP contribution is 2.27. The van der Waals surface area contributed by atoms with Crippen molar-refractivity contribution in [3.63, 3.8) is 0 Å². The summed E-state index contributed by atoms with van der Waals surface area (Å²) in [6, 6.07) is 12.7. The van der Waals surface area contributed by atoms with Gasteiger partial charge in [-0.3, -0.25) is 9.69 Å². The van der Waals surface area contributed by atoms with Crippen molar-refractivity contribution in [3.05, 3.63) is 63.6 Å².